The molecular formula is C13H12ClN5O. The molecule has 3 aromatic rings. The number of furan rings is 1. The number of rotatable bonds is 4. The minimum Gasteiger partial charge on any atom is -0.448 e. The van der Waals surface area contributed by atoms with E-state index in [2.05, 4.69) is 20.8 Å². The molecule has 3 rings (SSSR count). The van der Waals surface area contributed by atoms with Crippen molar-refractivity contribution in [1.29, 1.82) is 0 Å². The van der Waals surface area contributed by atoms with Crippen molar-refractivity contribution in [3.8, 4) is 5.69 Å². The summed E-state index contributed by atoms with van der Waals surface area (Å²) < 4.78 is 6.97. The molecule has 6 nitrogen and oxygen atoms in total. The van der Waals surface area contributed by atoms with Gasteiger partial charge in [0.05, 0.1) is 12.2 Å². The lowest BCUT2D eigenvalue weighted by molar-refractivity contribution is 0.520. The van der Waals surface area contributed by atoms with Gasteiger partial charge in [0.2, 0.25) is 0 Å². The summed E-state index contributed by atoms with van der Waals surface area (Å²) in [7, 11) is 0. The molecule has 0 aliphatic rings. The Labute approximate surface area is 120 Å². The van der Waals surface area contributed by atoms with E-state index in [9.17, 15) is 0 Å². The molecule has 0 atom stereocenters. The summed E-state index contributed by atoms with van der Waals surface area (Å²) in [6.07, 6.45) is 0. The van der Waals surface area contributed by atoms with Gasteiger partial charge in [0.15, 0.2) is 11.0 Å². The van der Waals surface area contributed by atoms with Gasteiger partial charge in [-0.1, -0.05) is 6.07 Å². The molecule has 1 N–H and O–H groups in total. The SMILES string of the molecule is Cc1nnnn1-c1cccc(NCc2ccc(Cl)o2)c1. The Bertz CT molecular complexity index is 721. The van der Waals surface area contributed by atoms with Crippen LogP contribution in [-0.2, 0) is 6.54 Å². The Morgan fingerprint density at radius 1 is 1.30 bits per heavy atom. The fourth-order valence-electron chi connectivity index (χ4n) is 1.85. The molecule has 0 saturated carbocycles. The Hall–Kier alpha value is -2.34. The van der Waals surface area contributed by atoms with E-state index in [1.54, 1.807) is 10.7 Å². The molecule has 7 heteroatoms. The lowest BCUT2D eigenvalue weighted by Gasteiger charge is -2.07. The molecule has 0 saturated heterocycles. The van der Waals surface area contributed by atoms with E-state index in [0.717, 1.165) is 23.0 Å². The van der Waals surface area contributed by atoms with Crippen LogP contribution in [0.3, 0.4) is 0 Å². The number of nitrogens with one attached hydrogen (secondary N) is 1. The number of nitrogens with zero attached hydrogens (tertiary/aromatic N) is 4. The summed E-state index contributed by atoms with van der Waals surface area (Å²) in [5, 5.41) is 15.1. The van der Waals surface area contributed by atoms with Gasteiger partial charge in [-0.25, -0.2) is 0 Å². The number of hydrogen-bond acceptors (Lipinski definition) is 5. The summed E-state index contributed by atoms with van der Waals surface area (Å²) in [4.78, 5) is 0. The van der Waals surface area contributed by atoms with Gasteiger partial charge < -0.3 is 9.73 Å². The third-order valence-corrected chi connectivity index (χ3v) is 3.01. The molecule has 0 radical (unpaired) electrons. The number of aryl methyl sites for hydroxylation is 1. The first-order valence-electron chi connectivity index (χ1n) is 6.06. The first-order valence-corrected chi connectivity index (χ1v) is 6.44. The molecule has 0 bridgehead atoms. The second-order valence-electron chi connectivity index (χ2n) is 4.25. The molecule has 20 heavy (non-hydrogen) atoms. The van der Waals surface area contributed by atoms with Crippen molar-refractivity contribution >= 4 is 17.3 Å². The van der Waals surface area contributed by atoms with E-state index in [-0.39, 0.29) is 0 Å². The summed E-state index contributed by atoms with van der Waals surface area (Å²) in [6.45, 7) is 2.41. The zero-order chi connectivity index (χ0) is 13.9. The number of anilines is 1. The molecule has 0 fully saturated rings. The van der Waals surface area contributed by atoms with Crippen molar-refractivity contribution in [2.24, 2.45) is 0 Å². The normalized spacial score (nSPS) is 10.7. The second kappa shape index (κ2) is 5.34. The number of tetrazole rings is 1. The average molecular weight is 290 g/mol. The van der Waals surface area contributed by atoms with Gasteiger partial charge in [0.1, 0.15) is 5.76 Å². The standard InChI is InChI=1S/C13H12ClN5O/c1-9-16-17-18-19(9)11-4-2-3-10(7-11)15-8-12-5-6-13(14)20-12/h2-7,15H,8H2,1H3. The molecule has 0 spiro atoms. The van der Waals surface area contributed by atoms with Crippen LogP contribution in [0, 0.1) is 6.92 Å². The van der Waals surface area contributed by atoms with E-state index < -0.39 is 0 Å². The maximum Gasteiger partial charge on any atom is 0.193 e. The topological polar surface area (TPSA) is 68.8 Å². The highest BCUT2D eigenvalue weighted by Gasteiger charge is 2.05. The van der Waals surface area contributed by atoms with E-state index in [4.69, 9.17) is 16.0 Å². The molecule has 2 aromatic heterocycles. The summed E-state index contributed by atoms with van der Waals surface area (Å²) in [5.74, 6) is 1.51. The smallest absolute Gasteiger partial charge is 0.193 e. The van der Waals surface area contributed by atoms with Crippen LogP contribution in [0.2, 0.25) is 5.22 Å². The molecular weight excluding hydrogens is 278 g/mol. The predicted molar refractivity (Wildman–Crippen MR) is 74.9 cm³/mol. The van der Waals surface area contributed by atoms with Crippen molar-refractivity contribution < 1.29 is 4.42 Å². The highest BCUT2D eigenvalue weighted by Crippen LogP contribution is 2.17. The van der Waals surface area contributed by atoms with E-state index in [0.29, 0.717) is 11.8 Å². The van der Waals surface area contributed by atoms with Crippen LogP contribution in [0.15, 0.2) is 40.8 Å². The number of hydrogen-bond donors (Lipinski definition) is 1. The maximum absolute atomic E-state index is 5.73. The fraction of sp³-hybridized carbons (Fsp3) is 0.154. The number of aromatic nitrogens is 4. The Balaban J connectivity index is 1.76. The van der Waals surface area contributed by atoms with Crippen LogP contribution in [0.4, 0.5) is 5.69 Å². The minimum absolute atomic E-state index is 0.389. The van der Waals surface area contributed by atoms with Crippen molar-refractivity contribution in [3.63, 3.8) is 0 Å². The van der Waals surface area contributed by atoms with Gasteiger partial charge in [0.25, 0.3) is 0 Å². The first kappa shape index (κ1) is 12.7. The van der Waals surface area contributed by atoms with Crippen LogP contribution < -0.4 is 5.32 Å². The van der Waals surface area contributed by atoms with Crippen molar-refractivity contribution in [3.05, 3.63) is 53.2 Å². The van der Waals surface area contributed by atoms with Crippen LogP contribution in [0.1, 0.15) is 11.6 Å². The molecule has 2 heterocycles. The monoisotopic (exact) mass is 289 g/mol. The Morgan fingerprint density at radius 2 is 2.20 bits per heavy atom. The lowest BCUT2D eigenvalue weighted by atomic mass is 10.2. The lowest BCUT2D eigenvalue weighted by Crippen LogP contribution is -2.02. The van der Waals surface area contributed by atoms with Crippen molar-refractivity contribution in [2.45, 2.75) is 13.5 Å². The third-order valence-electron chi connectivity index (χ3n) is 2.81. The highest BCUT2D eigenvalue weighted by atomic mass is 35.5. The Kier molecular flexibility index (Phi) is 3.39. The largest absolute Gasteiger partial charge is 0.448 e. The van der Waals surface area contributed by atoms with Crippen LogP contribution in [0.25, 0.3) is 5.69 Å². The zero-order valence-electron chi connectivity index (χ0n) is 10.7. The molecule has 0 aliphatic carbocycles. The van der Waals surface area contributed by atoms with Crippen molar-refractivity contribution in [2.75, 3.05) is 5.32 Å². The maximum atomic E-state index is 5.73. The second-order valence-corrected chi connectivity index (χ2v) is 4.62. The van der Waals surface area contributed by atoms with E-state index in [1.165, 1.54) is 0 Å². The molecule has 0 amide bonds. The molecule has 102 valence electrons. The fourth-order valence-corrected chi connectivity index (χ4v) is 2.02. The highest BCUT2D eigenvalue weighted by molar-refractivity contribution is 6.28. The van der Waals surface area contributed by atoms with Gasteiger partial charge in [-0.3, -0.25) is 0 Å². The van der Waals surface area contributed by atoms with Gasteiger partial charge in [-0.15, -0.1) is 5.10 Å². The number of benzene rings is 1. The third kappa shape index (κ3) is 2.65. The zero-order valence-corrected chi connectivity index (χ0v) is 11.5. The summed E-state index contributed by atoms with van der Waals surface area (Å²) in [5.41, 5.74) is 1.85. The average Bonchev–Trinajstić information content (AvgIpc) is 3.05. The van der Waals surface area contributed by atoms with E-state index in [1.807, 2.05) is 37.3 Å². The first-order chi connectivity index (χ1) is 9.72. The molecule has 0 unspecified atom stereocenters. The minimum atomic E-state index is 0.389. The predicted octanol–water partition coefficient (Wildman–Crippen LogP) is 2.83. The quantitative estimate of drug-likeness (QED) is 0.800. The van der Waals surface area contributed by atoms with Gasteiger partial charge in [0, 0.05) is 5.69 Å². The molecule has 1 aromatic carbocycles. The number of halogens is 1. The van der Waals surface area contributed by atoms with E-state index >= 15 is 0 Å². The summed E-state index contributed by atoms with van der Waals surface area (Å²) >= 11 is 5.73. The van der Waals surface area contributed by atoms with Crippen LogP contribution in [-0.4, -0.2) is 20.2 Å². The summed E-state index contributed by atoms with van der Waals surface area (Å²) in [6, 6.07) is 11.4. The van der Waals surface area contributed by atoms with Crippen LogP contribution in [0.5, 0.6) is 0 Å². The van der Waals surface area contributed by atoms with Gasteiger partial charge in [-0.05, 0) is 59.3 Å². The van der Waals surface area contributed by atoms with Crippen LogP contribution >= 0.6 is 11.6 Å². The molecule has 0 aliphatic heterocycles. The Morgan fingerprint density at radius 3 is 2.90 bits per heavy atom. The van der Waals surface area contributed by atoms with Gasteiger partial charge >= 0.3 is 0 Å². The van der Waals surface area contributed by atoms with Gasteiger partial charge in [-0.2, -0.15) is 4.68 Å². The van der Waals surface area contributed by atoms with Crippen molar-refractivity contribution in [1.82, 2.24) is 20.2 Å².